The lowest BCUT2D eigenvalue weighted by Crippen LogP contribution is -2.30. The summed E-state index contributed by atoms with van der Waals surface area (Å²) in [6.07, 6.45) is 4.16. The number of nitrogens with one attached hydrogen (secondary N) is 2. The Morgan fingerprint density at radius 3 is 2.45 bits per heavy atom. The van der Waals surface area contributed by atoms with E-state index in [1.54, 1.807) is 0 Å². The second kappa shape index (κ2) is 9.74. The van der Waals surface area contributed by atoms with Crippen LogP contribution in [0.3, 0.4) is 0 Å². The smallest absolute Gasteiger partial charge is 0.220 e. The SMILES string of the molecule is Cl.O=C(CCC1CCNCC1)NCCc1cc(F)cc(F)c1. The third kappa shape index (κ3) is 6.71. The van der Waals surface area contributed by atoms with Crippen LogP contribution in [-0.2, 0) is 11.2 Å². The summed E-state index contributed by atoms with van der Waals surface area (Å²) in [5, 5.41) is 6.11. The van der Waals surface area contributed by atoms with Gasteiger partial charge in [0.1, 0.15) is 11.6 Å². The topological polar surface area (TPSA) is 41.1 Å². The standard InChI is InChI=1S/C16H22F2N2O.ClH/c17-14-9-13(10-15(18)11-14)5-8-20-16(21)2-1-12-3-6-19-7-4-12;/h9-12,19H,1-8H2,(H,20,21);1H. The van der Waals surface area contributed by atoms with E-state index in [-0.39, 0.29) is 18.3 Å². The van der Waals surface area contributed by atoms with Crippen LogP contribution < -0.4 is 10.6 Å². The number of hydrogen-bond donors (Lipinski definition) is 2. The number of benzene rings is 1. The Bertz CT molecular complexity index is 459. The van der Waals surface area contributed by atoms with E-state index in [4.69, 9.17) is 0 Å². The molecule has 1 amide bonds. The molecule has 0 unspecified atom stereocenters. The number of rotatable bonds is 6. The molecule has 124 valence electrons. The minimum Gasteiger partial charge on any atom is -0.356 e. The number of amides is 1. The van der Waals surface area contributed by atoms with Crippen LogP contribution in [0.2, 0.25) is 0 Å². The summed E-state index contributed by atoms with van der Waals surface area (Å²) in [7, 11) is 0. The molecule has 1 aliphatic heterocycles. The minimum atomic E-state index is -0.581. The average molecular weight is 333 g/mol. The lowest BCUT2D eigenvalue weighted by molar-refractivity contribution is -0.121. The lowest BCUT2D eigenvalue weighted by atomic mass is 9.93. The summed E-state index contributed by atoms with van der Waals surface area (Å²) in [5.74, 6) is -0.510. The molecule has 0 atom stereocenters. The Kier molecular flexibility index (Phi) is 8.35. The molecule has 0 radical (unpaired) electrons. The number of halogens is 3. The zero-order chi connectivity index (χ0) is 15.1. The van der Waals surface area contributed by atoms with Gasteiger partial charge in [0.2, 0.25) is 5.91 Å². The van der Waals surface area contributed by atoms with Crippen molar-refractivity contribution in [3.63, 3.8) is 0 Å². The van der Waals surface area contributed by atoms with Crippen molar-refractivity contribution in [3.8, 4) is 0 Å². The summed E-state index contributed by atoms with van der Waals surface area (Å²) in [5.41, 5.74) is 0.561. The van der Waals surface area contributed by atoms with E-state index in [2.05, 4.69) is 10.6 Å². The van der Waals surface area contributed by atoms with Crippen molar-refractivity contribution in [3.05, 3.63) is 35.4 Å². The van der Waals surface area contributed by atoms with E-state index in [1.165, 1.54) is 12.1 Å². The van der Waals surface area contributed by atoms with E-state index < -0.39 is 11.6 Å². The van der Waals surface area contributed by atoms with Gasteiger partial charge in [0.15, 0.2) is 0 Å². The second-order valence-electron chi connectivity index (χ2n) is 5.61. The first-order valence-corrected chi connectivity index (χ1v) is 7.56. The highest BCUT2D eigenvalue weighted by molar-refractivity contribution is 5.85. The molecule has 1 aliphatic rings. The van der Waals surface area contributed by atoms with E-state index in [1.807, 2.05) is 0 Å². The molecule has 0 bridgehead atoms. The Hall–Kier alpha value is -1.20. The molecule has 1 fully saturated rings. The number of piperidine rings is 1. The van der Waals surface area contributed by atoms with Crippen LogP contribution >= 0.6 is 12.4 Å². The van der Waals surface area contributed by atoms with Crippen LogP contribution in [0.15, 0.2) is 18.2 Å². The first-order chi connectivity index (χ1) is 10.1. The Balaban J connectivity index is 0.00000242. The number of carbonyl (C=O) groups is 1. The van der Waals surface area contributed by atoms with Gasteiger partial charge >= 0.3 is 0 Å². The Morgan fingerprint density at radius 2 is 1.82 bits per heavy atom. The fraction of sp³-hybridized carbons (Fsp3) is 0.562. The van der Waals surface area contributed by atoms with Crippen molar-refractivity contribution in [1.29, 1.82) is 0 Å². The summed E-state index contributed by atoms with van der Waals surface area (Å²) in [4.78, 5) is 11.7. The molecule has 0 aromatic heterocycles. The van der Waals surface area contributed by atoms with Crippen molar-refractivity contribution >= 4 is 18.3 Å². The zero-order valence-electron chi connectivity index (χ0n) is 12.5. The average Bonchev–Trinajstić information content (AvgIpc) is 2.45. The molecule has 1 heterocycles. The largest absolute Gasteiger partial charge is 0.356 e. The number of carbonyl (C=O) groups excluding carboxylic acids is 1. The van der Waals surface area contributed by atoms with E-state index in [0.29, 0.717) is 30.9 Å². The molecule has 6 heteroatoms. The van der Waals surface area contributed by atoms with Crippen molar-refractivity contribution < 1.29 is 13.6 Å². The van der Waals surface area contributed by atoms with Gasteiger partial charge in [-0.1, -0.05) is 0 Å². The maximum Gasteiger partial charge on any atom is 0.220 e. The molecule has 3 nitrogen and oxygen atoms in total. The van der Waals surface area contributed by atoms with Gasteiger partial charge in [-0.25, -0.2) is 8.78 Å². The van der Waals surface area contributed by atoms with E-state index in [0.717, 1.165) is 38.4 Å². The lowest BCUT2D eigenvalue weighted by Gasteiger charge is -2.22. The molecule has 1 aromatic rings. The molecule has 2 rings (SSSR count). The normalized spacial score (nSPS) is 15.2. The van der Waals surface area contributed by atoms with Crippen molar-refractivity contribution in [2.24, 2.45) is 5.92 Å². The van der Waals surface area contributed by atoms with Crippen LogP contribution in [0.25, 0.3) is 0 Å². The maximum atomic E-state index is 13.0. The third-order valence-electron chi connectivity index (χ3n) is 3.90. The van der Waals surface area contributed by atoms with Gasteiger partial charge in [-0.15, -0.1) is 12.4 Å². The van der Waals surface area contributed by atoms with Gasteiger partial charge < -0.3 is 10.6 Å². The van der Waals surface area contributed by atoms with Crippen LogP contribution in [0.1, 0.15) is 31.2 Å². The summed E-state index contributed by atoms with van der Waals surface area (Å²) in [6, 6.07) is 3.44. The fourth-order valence-corrected chi connectivity index (χ4v) is 2.70. The van der Waals surface area contributed by atoms with Crippen LogP contribution in [0.5, 0.6) is 0 Å². The minimum absolute atomic E-state index is 0. The molecule has 22 heavy (non-hydrogen) atoms. The molecule has 0 saturated carbocycles. The summed E-state index contributed by atoms with van der Waals surface area (Å²) < 4.78 is 26.0. The van der Waals surface area contributed by atoms with Crippen LogP contribution in [0, 0.1) is 17.6 Å². The highest BCUT2D eigenvalue weighted by Crippen LogP contribution is 2.17. The molecule has 1 saturated heterocycles. The molecular formula is C16H23ClF2N2O. The van der Waals surface area contributed by atoms with Gasteiger partial charge in [-0.3, -0.25) is 4.79 Å². The van der Waals surface area contributed by atoms with Gasteiger partial charge in [0.05, 0.1) is 0 Å². The summed E-state index contributed by atoms with van der Waals surface area (Å²) >= 11 is 0. The van der Waals surface area contributed by atoms with Crippen molar-refractivity contribution in [2.45, 2.75) is 32.1 Å². The van der Waals surface area contributed by atoms with Crippen LogP contribution in [0.4, 0.5) is 8.78 Å². The van der Waals surface area contributed by atoms with Crippen molar-refractivity contribution in [1.82, 2.24) is 10.6 Å². The van der Waals surface area contributed by atoms with Gasteiger partial charge in [0.25, 0.3) is 0 Å². The zero-order valence-corrected chi connectivity index (χ0v) is 13.4. The Labute approximate surface area is 136 Å². The Morgan fingerprint density at radius 1 is 1.18 bits per heavy atom. The highest BCUT2D eigenvalue weighted by atomic mass is 35.5. The second-order valence-corrected chi connectivity index (χ2v) is 5.61. The highest BCUT2D eigenvalue weighted by Gasteiger charge is 2.14. The molecular weight excluding hydrogens is 310 g/mol. The first kappa shape index (κ1) is 18.8. The van der Waals surface area contributed by atoms with Gasteiger partial charge in [-0.2, -0.15) is 0 Å². The molecule has 1 aromatic carbocycles. The first-order valence-electron chi connectivity index (χ1n) is 7.56. The van der Waals surface area contributed by atoms with Crippen molar-refractivity contribution in [2.75, 3.05) is 19.6 Å². The monoisotopic (exact) mass is 332 g/mol. The quantitative estimate of drug-likeness (QED) is 0.841. The fourth-order valence-electron chi connectivity index (χ4n) is 2.70. The van der Waals surface area contributed by atoms with Crippen LogP contribution in [-0.4, -0.2) is 25.5 Å². The van der Waals surface area contributed by atoms with Gasteiger partial charge in [-0.05, 0) is 62.4 Å². The predicted octanol–water partition coefficient (Wildman–Crippen LogP) is 2.83. The van der Waals surface area contributed by atoms with E-state index >= 15 is 0 Å². The molecule has 0 aliphatic carbocycles. The predicted molar refractivity (Wildman–Crippen MR) is 85.1 cm³/mol. The number of hydrogen-bond acceptors (Lipinski definition) is 2. The van der Waals surface area contributed by atoms with E-state index in [9.17, 15) is 13.6 Å². The molecule has 0 spiro atoms. The van der Waals surface area contributed by atoms with Gasteiger partial charge in [0, 0.05) is 19.0 Å². The third-order valence-corrected chi connectivity index (χ3v) is 3.90. The molecule has 2 N–H and O–H groups in total. The maximum absolute atomic E-state index is 13.0. The summed E-state index contributed by atoms with van der Waals surface area (Å²) in [6.45, 7) is 2.49.